The lowest BCUT2D eigenvalue weighted by Gasteiger charge is -2.31. The molecule has 1 nitrogen and oxygen atoms in total. The molecule has 0 saturated heterocycles. The highest BCUT2D eigenvalue weighted by Crippen LogP contribution is 2.43. The summed E-state index contributed by atoms with van der Waals surface area (Å²) in [4.78, 5) is 0. The Hall–Kier alpha value is -1.03. The van der Waals surface area contributed by atoms with Crippen LogP contribution in [0.5, 0.6) is 0 Å². The first-order chi connectivity index (χ1) is 9.74. The van der Waals surface area contributed by atoms with Gasteiger partial charge in [-0.05, 0) is 42.7 Å². The summed E-state index contributed by atoms with van der Waals surface area (Å²) < 4.78 is 39.7. The number of nitrogens with two attached hydrogens (primary N) is 1. The molecule has 0 aliphatic heterocycles. The topological polar surface area (TPSA) is 26.0 Å². The molecule has 1 fully saturated rings. The van der Waals surface area contributed by atoms with Gasteiger partial charge in [-0.3, -0.25) is 0 Å². The Labute approximate surface area is 124 Å². The van der Waals surface area contributed by atoms with E-state index in [1.54, 1.807) is 12.1 Å². The first-order valence-electron chi connectivity index (χ1n) is 7.69. The molecule has 4 heteroatoms. The van der Waals surface area contributed by atoms with Crippen molar-refractivity contribution in [1.29, 1.82) is 0 Å². The molecule has 21 heavy (non-hydrogen) atoms. The van der Waals surface area contributed by atoms with Crippen molar-refractivity contribution in [1.82, 2.24) is 0 Å². The summed E-state index contributed by atoms with van der Waals surface area (Å²) in [6.45, 7) is 4.36. The van der Waals surface area contributed by atoms with Gasteiger partial charge in [0.25, 0.3) is 0 Å². The second kappa shape index (κ2) is 5.99. The summed E-state index contributed by atoms with van der Waals surface area (Å²) in [5, 5.41) is 0. The highest BCUT2D eigenvalue weighted by Gasteiger charge is 2.40. The van der Waals surface area contributed by atoms with Crippen LogP contribution in [0.3, 0.4) is 0 Å². The summed E-state index contributed by atoms with van der Waals surface area (Å²) in [5.74, 6) is 1.12. The molecule has 2 atom stereocenters. The molecule has 0 bridgehead atoms. The van der Waals surface area contributed by atoms with E-state index in [-0.39, 0.29) is 5.56 Å². The number of hydrogen-bond acceptors (Lipinski definition) is 1. The van der Waals surface area contributed by atoms with Gasteiger partial charge in [0.15, 0.2) is 0 Å². The van der Waals surface area contributed by atoms with E-state index in [0.29, 0.717) is 24.7 Å². The summed E-state index contributed by atoms with van der Waals surface area (Å²) >= 11 is 0. The lowest BCUT2D eigenvalue weighted by Crippen LogP contribution is -2.38. The molecule has 0 aromatic heterocycles. The molecule has 0 amide bonds. The molecule has 118 valence electrons. The molecule has 2 N–H and O–H groups in total. The fraction of sp³-hybridized carbons (Fsp3) is 0.647. The van der Waals surface area contributed by atoms with Crippen LogP contribution in [0.15, 0.2) is 24.3 Å². The third-order valence-electron chi connectivity index (χ3n) is 4.87. The van der Waals surface area contributed by atoms with Crippen molar-refractivity contribution in [3.63, 3.8) is 0 Å². The average Bonchev–Trinajstić information content (AvgIpc) is 2.61. The van der Waals surface area contributed by atoms with Gasteiger partial charge in [-0.2, -0.15) is 13.2 Å². The van der Waals surface area contributed by atoms with Crippen molar-refractivity contribution in [3.8, 4) is 0 Å². The summed E-state index contributed by atoms with van der Waals surface area (Å²) in [6, 6.07) is 5.79. The first kappa shape index (κ1) is 16.3. The van der Waals surface area contributed by atoms with Gasteiger partial charge in [-0.1, -0.05) is 44.9 Å². The van der Waals surface area contributed by atoms with Crippen LogP contribution in [0.1, 0.15) is 57.1 Å². The van der Waals surface area contributed by atoms with Gasteiger partial charge in [0.05, 0.1) is 5.56 Å². The maximum Gasteiger partial charge on any atom is 0.416 e. The predicted octanol–water partition coefficient (Wildman–Crippen LogP) is 5.10. The van der Waals surface area contributed by atoms with Crippen LogP contribution < -0.4 is 5.73 Å². The smallest absolute Gasteiger partial charge is 0.321 e. The van der Waals surface area contributed by atoms with Crippen molar-refractivity contribution in [3.05, 3.63) is 35.4 Å². The number of alkyl halides is 3. The van der Waals surface area contributed by atoms with Gasteiger partial charge in [-0.15, -0.1) is 0 Å². The van der Waals surface area contributed by atoms with Crippen LogP contribution in [-0.2, 0) is 11.7 Å². The standard InChI is InChI=1S/C17H24F3N/c1-12(2)13-6-5-10-16(21,11-9-13)14-7-3-4-8-15(14)17(18,19)20/h3-4,7-8,12-13H,5-6,9-11,21H2,1-2H3. The lowest BCUT2D eigenvalue weighted by molar-refractivity contribution is -0.138. The minimum Gasteiger partial charge on any atom is -0.321 e. The molecule has 2 rings (SSSR count). The largest absolute Gasteiger partial charge is 0.416 e. The van der Waals surface area contributed by atoms with E-state index < -0.39 is 17.3 Å². The maximum absolute atomic E-state index is 13.2. The van der Waals surface area contributed by atoms with E-state index in [1.807, 2.05) is 0 Å². The highest BCUT2D eigenvalue weighted by molar-refractivity contribution is 5.35. The minimum absolute atomic E-state index is 0.266. The SMILES string of the molecule is CC(C)C1CCCC(N)(c2ccccc2C(F)(F)F)CC1. The summed E-state index contributed by atoms with van der Waals surface area (Å²) in [6.07, 6.45) is -0.227. The van der Waals surface area contributed by atoms with Crippen LogP contribution >= 0.6 is 0 Å². The molecule has 0 heterocycles. The Morgan fingerprint density at radius 2 is 1.81 bits per heavy atom. The van der Waals surface area contributed by atoms with Gasteiger partial charge in [0.1, 0.15) is 0 Å². The Morgan fingerprint density at radius 1 is 1.14 bits per heavy atom. The van der Waals surface area contributed by atoms with Crippen LogP contribution in [0, 0.1) is 11.8 Å². The molecule has 2 unspecified atom stereocenters. The summed E-state index contributed by atoms with van der Waals surface area (Å²) in [5.41, 5.74) is 5.28. The van der Waals surface area contributed by atoms with Crippen LogP contribution in [0.25, 0.3) is 0 Å². The molecule has 0 radical (unpaired) electrons. The zero-order chi connectivity index (χ0) is 15.7. The van der Waals surface area contributed by atoms with E-state index in [0.717, 1.165) is 25.3 Å². The molecule has 1 aliphatic rings. The second-order valence-corrected chi connectivity index (χ2v) is 6.63. The van der Waals surface area contributed by atoms with Gasteiger partial charge in [-0.25, -0.2) is 0 Å². The molecule has 1 saturated carbocycles. The Kier molecular flexibility index (Phi) is 4.66. The van der Waals surface area contributed by atoms with E-state index in [2.05, 4.69) is 13.8 Å². The lowest BCUT2D eigenvalue weighted by atomic mass is 9.80. The Morgan fingerprint density at radius 3 is 2.43 bits per heavy atom. The van der Waals surface area contributed by atoms with Crippen molar-refractivity contribution in [2.24, 2.45) is 17.6 Å². The minimum atomic E-state index is -4.34. The van der Waals surface area contributed by atoms with E-state index >= 15 is 0 Å². The van der Waals surface area contributed by atoms with Crippen molar-refractivity contribution in [2.75, 3.05) is 0 Å². The third-order valence-corrected chi connectivity index (χ3v) is 4.87. The monoisotopic (exact) mass is 299 g/mol. The predicted molar refractivity (Wildman–Crippen MR) is 78.7 cm³/mol. The summed E-state index contributed by atoms with van der Waals surface area (Å²) in [7, 11) is 0. The van der Waals surface area contributed by atoms with Gasteiger partial charge in [0, 0.05) is 5.54 Å². The fourth-order valence-corrected chi connectivity index (χ4v) is 3.49. The van der Waals surface area contributed by atoms with Crippen molar-refractivity contribution >= 4 is 0 Å². The molecule has 0 spiro atoms. The molecular weight excluding hydrogens is 275 g/mol. The average molecular weight is 299 g/mol. The number of benzene rings is 1. The third kappa shape index (κ3) is 3.60. The second-order valence-electron chi connectivity index (χ2n) is 6.63. The van der Waals surface area contributed by atoms with Crippen LogP contribution in [0.4, 0.5) is 13.2 Å². The van der Waals surface area contributed by atoms with Crippen molar-refractivity contribution in [2.45, 2.75) is 57.7 Å². The van der Waals surface area contributed by atoms with Crippen molar-refractivity contribution < 1.29 is 13.2 Å². The normalized spacial score (nSPS) is 27.7. The number of hydrogen-bond donors (Lipinski definition) is 1. The molecular formula is C17H24F3N. The quantitative estimate of drug-likeness (QED) is 0.756. The first-order valence-corrected chi connectivity index (χ1v) is 7.69. The van der Waals surface area contributed by atoms with Crippen LogP contribution in [-0.4, -0.2) is 0 Å². The van der Waals surface area contributed by atoms with Crippen LogP contribution in [0.2, 0.25) is 0 Å². The van der Waals surface area contributed by atoms with Gasteiger partial charge >= 0.3 is 6.18 Å². The molecule has 1 aliphatic carbocycles. The van der Waals surface area contributed by atoms with Gasteiger partial charge < -0.3 is 5.73 Å². The van der Waals surface area contributed by atoms with E-state index in [4.69, 9.17) is 5.73 Å². The fourth-order valence-electron chi connectivity index (χ4n) is 3.49. The molecule has 1 aromatic rings. The maximum atomic E-state index is 13.2. The number of rotatable bonds is 2. The zero-order valence-electron chi connectivity index (χ0n) is 12.7. The van der Waals surface area contributed by atoms with E-state index in [9.17, 15) is 13.2 Å². The molecule has 1 aromatic carbocycles. The van der Waals surface area contributed by atoms with E-state index in [1.165, 1.54) is 6.07 Å². The Balaban J connectivity index is 2.33. The Bertz CT molecular complexity index is 481. The zero-order valence-corrected chi connectivity index (χ0v) is 12.7. The van der Waals surface area contributed by atoms with Gasteiger partial charge in [0.2, 0.25) is 0 Å². The highest BCUT2D eigenvalue weighted by atomic mass is 19.4. The number of halogens is 3.